The number of carbonyl (C=O) groups is 3. The molecule has 7 heteroatoms. The van der Waals surface area contributed by atoms with Gasteiger partial charge in [-0.2, -0.15) is 0 Å². The predicted molar refractivity (Wildman–Crippen MR) is 88.8 cm³/mol. The monoisotopic (exact) mass is 337 g/mol. The summed E-state index contributed by atoms with van der Waals surface area (Å²) in [5, 5.41) is 5.70. The highest BCUT2D eigenvalue weighted by atomic mass is 32.2. The fourth-order valence-electron chi connectivity index (χ4n) is 2.97. The van der Waals surface area contributed by atoms with Gasteiger partial charge in [-0.1, -0.05) is 18.6 Å². The fraction of sp³-hybridized carbons (Fsp3) is 0.688. The largest absolute Gasteiger partial charge is 0.355 e. The Balaban J connectivity index is 1.19. The van der Waals surface area contributed by atoms with Gasteiger partial charge in [0.2, 0.25) is 17.7 Å². The summed E-state index contributed by atoms with van der Waals surface area (Å²) < 4.78 is 0. The average Bonchev–Trinajstić information content (AvgIpc) is 2.43. The number of likely N-dealkylation sites (tertiary alicyclic amines) is 1. The van der Waals surface area contributed by atoms with Crippen molar-refractivity contribution < 1.29 is 14.4 Å². The molecule has 23 heavy (non-hydrogen) atoms. The lowest BCUT2D eigenvalue weighted by Crippen LogP contribution is -2.64. The zero-order chi connectivity index (χ0) is 16.2. The van der Waals surface area contributed by atoms with Crippen molar-refractivity contribution in [1.82, 2.24) is 15.5 Å². The summed E-state index contributed by atoms with van der Waals surface area (Å²) in [4.78, 5) is 36.7. The third-order valence-electron chi connectivity index (χ3n) is 4.77. The van der Waals surface area contributed by atoms with Crippen LogP contribution < -0.4 is 10.6 Å². The van der Waals surface area contributed by atoms with E-state index in [4.69, 9.17) is 0 Å². The molecule has 3 aliphatic rings. The highest BCUT2D eigenvalue weighted by molar-refractivity contribution is 8.00. The average molecular weight is 337 g/mol. The van der Waals surface area contributed by atoms with Gasteiger partial charge in [0.15, 0.2) is 0 Å². The number of fused-ring (bicyclic) bond motifs is 1. The summed E-state index contributed by atoms with van der Waals surface area (Å²) >= 11 is 1.32. The molecule has 0 bridgehead atoms. The van der Waals surface area contributed by atoms with Crippen LogP contribution in [0.5, 0.6) is 0 Å². The van der Waals surface area contributed by atoms with E-state index in [9.17, 15) is 14.4 Å². The van der Waals surface area contributed by atoms with E-state index in [0.29, 0.717) is 24.8 Å². The van der Waals surface area contributed by atoms with Crippen LogP contribution in [0.25, 0.3) is 0 Å². The van der Waals surface area contributed by atoms with Gasteiger partial charge in [0, 0.05) is 19.6 Å². The van der Waals surface area contributed by atoms with E-state index in [1.807, 2.05) is 12.2 Å². The van der Waals surface area contributed by atoms with Crippen molar-refractivity contribution in [3.05, 3.63) is 12.2 Å². The molecule has 1 aliphatic heterocycles. The van der Waals surface area contributed by atoms with Gasteiger partial charge in [-0.15, -0.1) is 11.8 Å². The predicted octanol–water partition coefficient (Wildman–Crippen LogP) is 0.149. The van der Waals surface area contributed by atoms with Crippen LogP contribution in [0.2, 0.25) is 0 Å². The van der Waals surface area contributed by atoms with Crippen molar-refractivity contribution in [3.63, 3.8) is 0 Å². The van der Waals surface area contributed by atoms with Crippen molar-refractivity contribution in [3.8, 4) is 0 Å². The first-order chi connectivity index (χ1) is 11.1. The molecule has 0 spiro atoms. The van der Waals surface area contributed by atoms with Crippen LogP contribution in [0.3, 0.4) is 0 Å². The van der Waals surface area contributed by atoms with Crippen LogP contribution >= 0.6 is 11.8 Å². The van der Waals surface area contributed by atoms with Crippen LogP contribution in [0.4, 0.5) is 0 Å². The maximum atomic E-state index is 11.7. The summed E-state index contributed by atoms with van der Waals surface area (Å²) in [6, 6.07) is 0.258. The number of thioether (sulfide) groups is 1. The number of hydrogen-bond donors (Lipinski definition) is 2. The molecule has 2 atom stereocenters. The minimum atomic E-state index is -0.0875. The molecule has 2 aliphatic carbocycles. The highest BCUT2D eigenvalue weighted by Gasteiger charge is 2.48. The Morgan fingerprint density at radius 2 is 1.91 bits per heavy atom. The third kappa shape index (κ3) is 3.88. The second kappa shape index (κ2) is 7.38. The molecule has 1 unspecified atom stereocenters. The van der Waals surface area contributed by atoms with Gasteiger partial charge >= 0.3 is 0 Å². The molecule has 3 amide bonds. The second-order valence-corrected chi connectivity index (χ2v) is 7.36. The second-order valence-electron chi connectivity index (χ2n) is 6.38. The molecular weight excluding hydrogens is 314 g/mol. The molecule has 0 aromatic rings. The molecule has 1 heterocycles. The summed E-state index contributed by atoms with van der Waals surface area (Å²) in [6.07, 6.45) is 7.65. The Hall–Kier alpha value is -1.50. The van der Waals surface area contributed by atoms with Gasteiger partial charge in [-0.25, -0.2) is 0 Å². The van der Waals surface area contributed by atoms with Gasteiger partial charge < -0.3 is 15.5 Å². The number of hydrogen-bond acceptors (Lipinski definition) is 4. The first-order valence-electron chi connectivity index (χ1n) is 8.25. The van der Waals surface area contributed by atoms with E-state index in [1.54, 1.807) is 4.90 Å². The van der Waals surface area contributed by atoms with Crippen molar-refractivity contribution in [2.45, 2.75) is 25.3 Å². The number of rotatable bonds is 9. The third-order valence-corrected chi connectivity index (χ3v) is 5.70. The van der Waals surface area contributed by atoms with Crippen LogP contribution in [0.1, 0.15) is 19.3 Å². The van der Waals surface area contributed by atoms with E-state index in [-0.39, 0.29) is 35.4 Å². The van der Waals surface area contributed by atoms with Crippen molar-refractivity contribution in [2.75, 3.05) is 31.1 Å². The minimum absolute atomic E-state index is 0.00342. The Labute approximate surface area is 140 Å². The molecule has 0 radical (unpaired) electrons. The Bertz CT molecular complexity index is 519. The lowest BCUT2D eigenvalue weighted by Gasteiger charge is -2.49. The molecule has 2 N–H and O–H groups in total. The van der Waals surface area contributed by atoms with E-state index >= 15 is 0 Å². The highest BCUT2D eigenvalue weighted by Crippen LogP contribution is 2.35. The van der Waals surface area contributed by atoms with Crippen molar-refractivity contribution >= 4 is 29.5 Å². The maximum Gasteiger partial charge on any atom is 0.232 e. The number of nitrogens with zero attached hydrogens (tertiary/aromatic N) is 1. The van der Waals surface area contributed by atoms with Crippen LogP contribution in [-0.2, 0) is 14.4 Å². The van der Waals surface area contributed by atoms with E-state index in [0.717, 1.165) is 6.54 Å². The Kier molecular flexibility index (Phi) is 5.25. The van der Waals surface area contributed by atoms with Crippen LogP contribution in [0.15, 0.2) is 12.2 Å². The van der Waals surface area contributed by atoms with E-state index in [1.165, 1.54) is 31.0 Å². The van der Waals surface area contributed by atoms with E-state index in [2.05, 4.69) is 10.6 Å². The topological polar surface area (TPSA) is 78.5 Å². The zero-order valence-corrected chi connectivity index (χ0v) is 13.9. The number of β-lactam (4-membered cyclic amide) rings is 1. The summed E-state index contributed by atoms with van der Waals surface area (Å²) in [7, 11) is 0. The molecule has 6 nitrogen and oxygen atoms in total. The van der Waals surface area contributed by atoms with Gasteiger partial charge in [-0.3, -0.25) is 14.4 Å². The lowest BCUT2D eigenvalue weighted by molar-refractivity contribution is -0.151. The van der Waals surface area contributed by atoms with Gasteiger partial charge in [-0.05, 0) is 18.8 Å². The molecule has 0 aromatic heterocycles. The smallest absolute Gasteiger partial charge is 0.232 e. The summed E-state index contributed by atoms with van der Waals surface area (Å²) in [5.41, 5.74) is 0. The van der Waals surface area contributed by atoms with Crippen molar-refractivity contribution in [1.29, 1.82) is 0 Å². The first-order valence-corrected chi connectivity index (χ1v) is 9.40. The SMILES string of the molecule is O=C(CSCC(=O)NCC1CCC1)NCCN1C(=O)[C@@H]2C=CC21. The quantitative estimate of drug-likeness (QED) is 0.464. The Morgan fingerprint density at radius 1 is 1.17 bits per heavy atom. The maximum absolute atomic E-state index is 11.7. The lowest BCUT2D eigenvalue weighted by atomic mass is 9.78. The van der Waals surface area contributed by atoms with Gasteiger partial charge in [0.05, 0.1) is 23.5 Å². The molecule has 1 saturated heterocycles. The molecule has 2 fully saturated rings. The molecule has 0 aromatic carbocycles. The minimum Gasteiger partial charge on any atom is -0.355 e. The van der Waals surface area contributed by atoms with Gasteiger partial charge in [0.1, 0.15) is 0 Å². The normalized spacial score (nSPS) is 25.0. The molecule has 1 saturated carbocycles. The van der Waals surface area contributed by atoms with Crippen LogP contribution in [0, 0.1) is 11.8 Å². The first kappa shape index (κ1) is 16.4. The summed E-state index contributed by atoms with van der Waals surface area (Å²) in [5.74, 6) is 1.42. The Morgan fingerprint density at radius 3 is 2.48 bits per heavy atom. The van der Waals surface area contributed by atoms with Crippen LogP contribution in [-0.4, -0.2) is 59.8 Å². The molecule has 3 rings (SSSR count). The summed E-state index contributed by atoms with van der Waals surface area (Å²) in [6.45, 7) is 1.80. The van der Waals surface area contributed by atoms with Gasteiger partial charge in [0.25, 0.3) is 0 Å². The molecule has 126 valence electrons. The van der Waals surface area contributed by atoms with E-state index < -0.39 is 0 Å². The molecular formula is C16H23N3O3S. The standard InChI is InChI=1S/C16H23N3O3S/c20-14(9-23-10-15(21)18-8-11-2-1-3-11)17-6-7-19-13-5-4-12(13)16(19)22/h4-5,11-13H,1-3,6-10H2,(H,17,20)(H,18,21)/t12-,13?/m1/s1. The van der Waals surface area contributed by atoms with Crippen molar-refractivity contribution in [2.24, 2.45) is 11.8 Å². The number of amides is 3. The zero-order valence-electron chi connectivity index (χ0n) is 13.1. The fourth-order valence-corrected chi connectivity index (χ4v) is 3.65. The number of nitrogens with one attached hydrogen (secondary N) is 2. The number of carbonyl (C=O) groups excluding carboxylic acids is 3.